The highest BCUT2D eigenvalue weighted by Crippen LogP contribution is 2.16. The molecule has 0 rings (SSSR count). The Balaban J connectivity index is 6.10. The van der Waals surface area contributed by atoms with Crippen LogP contribution in [0.2, 0.25) is 0 Å². The SMILES string of the molecule is CCC(CCCN=C(N)N)C(=O)NC(CCCN=C(N)N)C(=O)NC(CCCN=C(N)N)C(=O)NC(CCCN=C(N)N)C(=O)NC(CCCN=C(N)N)C(=O)OCCCCCCCCCCCCCCCCCC=O. The Morgan fingerprint density at radius 2 is 0.658 bits per heavy atom. The first-order valence-electron chi connectivity index (χ1n) is 27.5. The average Bonchev–Trinajstić information content (AvgIpc) is 3.36. The van der Waals surface area contributed by atoms with Gasteiger partial charge in [-0.2, -0.15) is 0 Å². The molecule has 436 valence electrons. The van der Waals surface area contributed by atoms with Gasteiger partial charge in [-0.05, 0) is 83.5 Å². The number of hydrogen-bond donors (Lipinski definition) is 14. The van der Waals surface area contributed by atoms with E-state index in [2.05, 4.69) is 46.2 Å². The van der Waals surface area contributed by atoms with Crippen LogP contribution in [-0.4, -0.2) is 129 Å². The minimum atomic E-state index is -1.26. The van der Waals surface area contributed by atoms with Crippen molar-refractivity contribution in [2.45, 2.75) is 204 Å². The number of aldehydes is 1. The van der Waals surface area contributed by atoms with E-state index in [0.717, 1.165) is 44.8 Å². The molecule has 0 fully saturated rings. The van der Waals surface area contributed by atoms with Gasteiger partial charge >= 0.3 is 5.97 Å². The molecule has 5 unspecified atom stereocenters. The lowest BCUT2D eigenvalue weighted by Crippen LogP contribution is -2.58. The second kappa shape index (κ2) is 45.7. The van der Waals surface area contributed by atoms with Crippen molar-refractivity contribution in [3.05, 3.63) is 0 Å². The van der Waals surface area contributed by atoms with E-state index in [1.54, 1.807) is 0 Å². The molecule has 76 heavy (non-hydrogen) atoms. The summed E-state index contributed by atoms with van der Waals surface area (Å²) in [5.74, 6) is -4.32. The quantitative estimate of drug-likeness (QED) is 0.0127. The Labute approximate surface area is 451 Å². The zero-order chi connectivity index (χ0) is 56.8. The third kappa shape index (κ3) is 39.8. The zero-order valence-electron chi connectivity index (χ0n) is 45.7. The number of nitrogens with two attached hydrogens (primary N) is 10. The molecule has 26 nitrogen and oxygen atoms in total. The summed E-state index contributed by atoms with van der Waals surface area (Å²) < 4.78 is 5.67. The molecule has 5 atom stereocenters. The monoisotopic (exact) mass is 1080 g/mol. The minimum Gasteiger partial charge on any atom is -0.464 e. The van der Waals surface area contributed by atoms with Crippen molar-refractivity contribution in [2.24, 2.45) is 88.2 Å². The van der Waals surface area contributed by atoms with E-state index < -0.39 is 53.8 Å². The molecule has 0 saturated heterocycles. The van der Waals surface area contributed by atoms with Crippen LogP contribution in [-0.2, 0) is 33.5 Å². The van der Waals surface area contributed by atoms with E-state index in [9.17, 15) is 28.8 Å². The summed E-state index contributed by atoms with van der Waals surface area (Å²) in [6.45, 7) is 2.89. The summed E-state index contributed by atoms with van der Waals surface area (Å²) in [5.41, 5.74) is 55.2. The maximum atomic E-state index is 14.3. The lowest BCUT2D eigenvalue weighted by Gasteiger charge is -2.27. The Hall–Kier alpha value is -6.63. The molecule has 0 aromatic rings. The zero-order valence-corrected chi connectivity index (χ0v) is 45.7. The van der Waals surface area contributed by atoms with Gasteiger partial charge < -0.3 is 88.1 Å². The van der Waals surface area contributed by atoms with Crippen molar-refractivity contribution in [1.29, 1.82) is 0 Å². The van der Waals surface area contributed by atoms with E-state index in [1.807, 2.05) is 6.92 Å². The minimum absolute atomic E-state index is 0.0141. The number of nitrogens with zero attached hydrogens (tertiary/aromatic N) is 5. The molecule has 0 aliphatic heterocycles. The highest BCUT2D eigenvalue weighted by atomic mass is 16.5. The third-order valence-corrected chi connectivity index (χ3v) is 12.4. The fourth-order valence-corrected chi connectivity index (χ4v) is 8.14. The van der Waals surface area contributed by atoms with Crippen molar-refractivity contribution < 1.29 is 33.5 Å². The van der Waals surface area contributed by atoms with Gasteiger partial charge in [0.2, 0.25) is 23.6 Å². The van der Waals surface area contributed by atoms with Crippen LogP contribution in [0.15, 0.2) is 25.0 Å². The number of ether oxygens (including phenoxy) is 1. The molecule has 0 aromatic heterocycles. The Morgan fingerprint density at radius 3 is 0.974 bits per heavy atom. The van der Waals surface area contributed by atoms with Gasteiger partial charge in [-0.25, -0.2) is 4.79 Å². The molecule has 0 saturated carbocycles. The van der Waals surface area contributed by atoms with Crippen LogP contribution < -0.4 is 78.6 Å². The predicted octanol–water partition coefficient (Wildman–Crippen LogP) is 0.203. The van der Waals surface area contributed by atoms with Gasteiger partial charge in [-0.1, -0.05) is 90.4 Å². The van der Waals surface area contributed by atoms with Crippen molar-refractivity contribution in [1.82, 2.24) is 21.3 Å². The van der Waals surface area contributed by atoms with Gasteiger partial charge in [0.25, 0.3) is 0 Å². The van der Waals surface area contributed by atoms with Crippen molar-refractivity contribution in [3.8, 4) is 0 Å². The number of rotatable bonds is 48. The first kappa shape index (κ1) is 69.4. The number of carbonyl (C=O) groups is 6. The third-order valence-electron chi connectivity index (χ3n) is 12.4. The first-order chi connectivity index (χ1) is 36.4. The summed E-state index contributed by atoms with van der Waals surface area (Å²) in [4.78, 5) is 100. The standard InChI is InChI=1S/C50H99N19O7/c1-2-36(24-19-29-61-46(51)52)41(71)66-37(25-20-30-62-47(53)54)42(72)67-38(26-21-31-63-48(55)56)43(73)68-39(27-22-32-64-49(57)58)44(74)69-40(28-23-33-65-50(59)60)45(75)76-35-18-16-14-12-10-8-6-4-3-5-7-9-11-13-15-17-34-70/h34,36-40H,2-33,35H2,1H3,(H,66,71)(H,67,72)(H,68,73)(H,69,74)(H4,51,52,61)(H4,53,54,62)(H4,55,56,63)(H4,57,58,64)(H4,59,60,65). The topological polar surface area (TPSA) is 482 Å². The molecule has 4 amide bonds. The van der Waals surface area contributed by atoms with E-state index in [-0.39, 0.29) is 107 Å². The van der Waals surface area contributed by atoms with Crippen LogP contribution in [0.25, 0.3) is 0 Å². The molecule has 26 heteroatoms. The molecule has 0 aromatic carbocycles. The fourth-order valence-electron chi connectivity index (χ4n) is 8.14. The average molecular weight is 1080 g/mol. The van der Waals surface area contributed by atoms with Crippen molar-refractivity contribution in [3.63, 3.8) is 0 Å². The summed E-state index contributed by atoms with van der Waals surface area (Å²) in [5, 5.41) is 11.1. The predicted molar refractivity (Wildman–Crippen MR) is 302 cm³/mol. The van der Waals surface area contributed by atoms with Crippen LogP contribution in [0.1, 0.15) is 180 Å². The Kier molecular flexibility index (Phi) is 41.7. The summed E-state index contributed by atoms with van der Waals surface area (Å²) in [6.07, 6.45) is 21.2. The number of esters is 1. The highest BCUT2D eigenvalue weighted by Gasteiger charge is 2.32. The van der Waals surface area contributed by atoms with E-state index in [4.69, 9.17) is 62.1 Å². The molecule has 24 N–H and O–H groups in total. The van der Waals surface area contributed by atoms with Gasteiger partial charge in [0.15, 0.2) is 29.8 Å². The number of aliphatic imine (C=N–C) groups is 5. The smallest absolute Gasteiger partial charge is 0.328 e. The lowest BCUT2D eigenvalue weighted by molar-refractivity contribution is -0.148. The molecule has 0 heterocycles. The summed E-state index contributed by atoms with van der Waals surface area (Å²) >= 11 is 0. The number of hydrogen-bond acceptors (Lipinski definition) is 12. The summed E-state index contributed by atoms with van der Waals surface area (Å²) in [7, 11) is 0. The maximum absolute atomic E-state index is 14.3. The molecule has 0 aliphatic rings. The van der Waals surface area contributed by atoms with Crippen molar-refractivity contribution >= 4 is 65.7 Å². The van der Waals surface area contributed by atoms with E-state index >= 15 is 0 Å². The van der Waals surface area contributed by atoms with Gasteiger partial charge in [0, 0.05) is 45.1 Å². The molecular formula is C50H99N19O7. The van der Waals surface area contributed by atoms with Crippen LogP contribution in [0.4, 0.5) is 0 Å². The highest BCUT2D eigenvalue weighted by molar-refractivity contribution is 5.95. The number of nitrogens with one attached hydrogen (secondary N) is 4. The molecule has 0 spiro atoms. The number of amides is 4. The lowest BCUT2D eigenvalue weighted by atomic mass is 9.98. The molecule has 0 aliphatic carbocycles. The normalized spacial score (nSPS) is 12.8. The van der Waals surface area contributed by atoms with Crippen LogP contribution in [0.3, 0.4) is 0 Å². The van der Waals surface area contributed by atoms with Gasteiger partial charge in [0.05, 0.1) is 6.61 Å². The Bertz CT molecular complexity index is 1780. The second-order valence-electron chi connectivity index (χ2n) is 19.0. The molecule has 0 radical (unpaired) electrons. The largest absolute Gasteiger partial charge is 0.464 e. The second-order valence-corrected chi connectivity index (χ2v) is 19.0. The van der Waals surface area contributed by atoms with Crippen LogP contribution >= 0.6 is 0 Å². The fraction of sp³-hybridized carbons (Fsp3) is 0.780. The van der Waals surface area contributed by atoms with Crippen LogP contribution in [0.5, 0.6) is 0 Å². The first-order valence-corrected chi connectivity index (χ1v) is 27.5. The molecular weight excluding hydrogens is 979 g/mol. The summed E-state index contributed by atoms with van der Waals surface area (Å²) in [6, 6.07) is -4.75. The van der Waals surface area contributed by atoms with Crippen LogP contribution in [0, 0.1) is 5.92 Å². The number of carbonyl (C=O) groups excluding carboxylic acids is 6. The number of unbranched alkanes of at least 4 members (excludes halogenated alkanes) is 15. The van der Waals surface area contributed by atoms with E-state index in [1.165, 1.54) is 51.4 Å². The maximum Gasteiger partial charge on any atom is 0.328 e. The van der Waals surface area contributed by atoms with Gasteiger partial charge in [0.1, 0.15) is 30.5 Å². The number of guanidine groups is 5. The Morgan fingerprint density at radius 1 is 0.382 bits per heavy atom. The van der Waals surface area contributed by atoms with Gasteiger partial charge in [-0.3, -0.25) is 44.1 Å². The molecule has 0 bridgehead atoms. The van der Waals surface area contributed by atoms with Gasteiger partial charge in [-0.15, -0.1) is 0 Å². The van der Waals surface area contributed by atoms with E-state index in [0.29, 0.717) is 51.5 Å². The van der Waals surface area contributed by atoms with Crippen molar-refractivity contribution in [2.75, 3.05) is 39.3 Å².